The third-order valence-corrected chi connectivity index (χ3v) is 2.14. The highest BCUT2D eigenvalue weighted by Crippen LogP contribution is 2.12. The lowest BCUT2D eigenvalue weighted by Crippen LogP contribution is -2.49. The van der Waals surface area contributed by atoms with E-state index in [1.165, 1.54) is 6.92 Å². The number of allylic oxidation sites excluding steroid dienone is 1. The van der Waals surface area contributed by atoms with Crippen LogP contribution in [0.3, 0.4) is 0 Å². The van der Waals surface area contributed by atoms with E-state index < -0.39 is 24.0 Å². The fraction of sp³-hybridized carbons (Fsp3) is 0.600. The number of carboxylic acid groups (broad SMARTS) is 1. The summed E-state index contributed by atoms with van der Waals surface area (Å²) in [6.45, 7) is 0.122. The first kappa shape index (κ1) is 15.5. The minimum absolute atomic E-state index is 0.0251. The maximum atomic E-state index is 13.1. The normalized spacial score (nSPS) is 15.2. The molecule has 0 amide bonds. The number of nitrogens with two attached hydrogens (primary N) is 1. The molecule has 0 aromatic carbocycles. The Bertz CT molecular complexity index is 321. The second-order valence-electron chi connectivity index (χ2n) is 3.76. The summed E-state index contributed by atoms with van der Waals surface area (Å²) in [4.78, 5) is 10.6. The molecule has 0 aliphatic carbocycles. The number of rotatable bonds is 7. The van der Waals surface area contributed by atoms with Crippen molar-refractivity contribution in [1.29, 1.82) is 5.41 Å². The van der Waals surface area contributed by atoms with Crippen molar-refractivity contribution in [2.75, 3.05) is 13.2 Å². The SMILES string of the molecule is CC(=N)NC/C(F)=C/CC[C@@](N)(CF)C(=O)O. The van der Waals surface area contributed by atoms with Gasteiger partial charge in [-0.1, -0.05) is 6.08 Å². The molecule has 98 valence electrons. The Labute approximate surface area is 98.2 Å². The number of aliphatic carboxylic acids is 1. The summed E-state index contributed by atoms with van der Waals surface area (Å²) >= 11 is 0. The second-order valence-corrected chi connectivity index (χ2v) is 3.76. The van der Waals surface area contributed by atoms with E-state index in [-0.39, 0.29) is 25.2 Å². The number of halogens is 2. The maximum absolute atomic E-state index is 13.1. The molecule has 1 atom stereocenters. The number of alkyl halides is 1. The number of nitrogens with one attached hydrogen (secondary N) is 2. The van der Waals surface area contributed by atoms with Gasteiger partial charge in [0.05, 0.1) is 12.4 Å². The molecule has 0 rings (SSSR count). The Balaban J connectivity index is 4.15. The van der Waals surface area contributed by atoms with Crippen LogP contribution < -0.4 is 11.1 Å². The monoisotopic (exact) mass is 249 g/mol. The van der Waals surface area contributed by atoms with Gasteiger partial charge in [0.1, 0.15) is 18.0 Å². The zero-order valence-electron chi connectivity index (χ0n) is 9.59. The van der Waals surface area contributed by atoms with Gasteiger partial charge in [0.2, 0.25) is 0 Å². The predicted octanol–water partition coefficient (Wildman–Crippen LogP) is 0.958. The van der Waals surface area contributed by atoms with Crippen LogP contribution in [0.25, 0.3) is 0 Å². The van der Waals surface area contributed by atoms with Crippen molar-refractivity contribution in [3.8, 4) is 0 Å². The summed E-state index contributed by atoms with van der Waals surface area (Å²) in [6.07, 6.45) is 0.975. The van der Waals surface area contributed by atoms with Crippen molar-refractivity contribution < 1.29 is 18.7 Å². The zero-order valence-corrected chi connectivity index (χ0v) is 9.59. The van der Waals surface area contributed by atoms with E-state index in [0.29, 0.717) is 0 Å². The largest absolute Gasteiger partial charge is 0.480 e. The number of amidine groups is 1. The quantitative estimate of drug-likeness (QED) is 0.399. The average molecular weight is 249 g/mol. The van der Waals surface area contributed by atoms with E-state index >= 15 is 0 Å². The van der Waals surface area contributed by atoms with Crippen LogP contribution >= 0.6 is 0 Å². The molecule has 0 radical (unpaired) electrons. The van der Waals surface area contributed by atoms with E-state index in [0.717, 1.165) is 6.08 Å². The van der Waals surface area contributed by atoms with Crippen molar-refractivity contribution in [1.82, 2.24) is 5.32 Å². The van der Waals surface area contributed by atoms with Crippen LogP contribution in [-0.2, 0) is 4.79 Å². The lowest BCUT2D eigenvalue weighted by atomic mass is 9.96. The van der Waals surface area contributed by atoms with Crippen LogP contribution in [0.5, 0.6) is 0 Å². The minimum Gasteiger partial charge on any atom is -0.480 e. The average Bonchev–Trinajstić information content (AvgIpc) is 2.25. The van der Waals surface area contributed by atoms with Gasteiger partial charge in [-0.15, -0.1) is 0 Å². The van der Waals surface area contributed by atoms with Gasteiger partial charge in [-0.25, -0.2) is 8.78 Å². The summed E-state index contributed by atoms with van der Waals surface area (Å²) in [5, 5.41) is 18.1. The van der Waals surface area contributed by atoms with E-state index in [9.17, 15) is 13.6 Å². The molecule has 7 heteroatoms. The lowest BCUT2D eigenvalue weighted by molar-refractivity contribution is -0.144. The number of carboxylic acids is 1. The van der Waals surface area contributed by atoms with E-state index in [1.807, 2.05) is 0 Å². The highest BCUT2D eigenvalue weighted by molar-refractivity contribution is 5.78. The smallest absolute Gasteiger partial charge is 0.326 e. The molecule has 0 aliphatic heterocycles. The fourth-order valence-electron chi connectivity index (χ4n) is 1.01. The Hall–Kier alpha value is -1.50. The van der Waals surface area contributed by atoms with Crippen LogP contribution in [0.4, 0.5) is 8.78 Å². The maximum Gasteiger partial charge on any atom is 0.326 e. The van der Waals surface area contributed by atoms with E-state index in [1.54, 1.807) is 0 Å². The highest BCUT2D eigenvalue weighted by Gasteiger charge is 2.33. The third kappa shape index (κ3) is 5.96. The topological polar surface area (TPSA) is 99.2 Å². The minimum atomic E-state index is -1.96. The van der Waals surface area contributed by atoms with E-state index in [2.05, 4.69) is 5.32 Å². The molecule has 0 unspecified atom stereocenters. The molecular formula is C10H17F2N3O2. The van der Waals surface area contributed by atoms with Gasteiger partial charge in [0.25, 0.3) is 0 Å². The van der Waals surface area contributed by atoms with Crippen molar-refractivity contribution in [2.24, 2.45) is 5.73 Å². The van der Waals surface area contributed by atoms with Crippen molar-refractivity contribution in [2.45, 2.75) is 25.3 Å². The van der Waals surface area contributed by atoms with Gasteiger partial charge in [0, 0.05) is 0 Å². The summed E-state index contributed by atoms with van der Waals surface area (Å²) in [7, 11) is 0. The lowest BCUT2D eigenvalue weighted by Gasteiger charge is -2.19. The van der Waals surface area contributed by atoms with Gasteiger partial charge >= 0.3 is 5.97 Å². The first-order valence-electron chi connectivity index (χ1n) is 5.03. The molecule has 0 aromatic rings. The second kappa shape index (κ2) is 6.95. The molecule has 0 bridgehead atoms. The first-order chi connectivity index (χ1) is 7.81. The van der Waals surface area contributed by atoms with Crippen molar-refractivity contribution in [3.05, 3.63) is 11.9 Å². The Morgan fingerprint density at radius 2 is 2.24 bits per heavy atom. The molecule has 0 fully saturated rings. The van der Waals surface area contributed by atoms with Gasteiger partial charge < -0.3 is 16.2 Å². The van der Waals surface area contributed by atoms with Crippen LogP contribution in [0.2, 0.25) is 0 Å². The Morgan fingerprint density at radius 3 is 2.65 bits per heavy atom. The molecule has 0 aromatic heterocycles. The summed E-state index contributed by atoms with van der Waals surface area (Å²) in [5.41, 5.74) is 3.32. The third-order valence-electron chi connectivity index (χ3n) is 2.14. The van der Waals surface area contributed by atoms with Gasteiger partial charge in [-0.2, -0.15) is 0 Å². The summed E-state index contributed by atoms with van der Waals surface area (Å²) in [6, 6.07) is 0. The Kier molecular flexibility index (Phi) is 6.34. The molecule has 0 aliphatic rings. The molecule has 0 saturated carbocycles. The van der Waals surface area contributed by atoms with Crippen molar-refractivity contribution >= 4 is 11.8 Å². The van der Waals surface area contributed by atoms with Crippen molar-refractivity contribution in [3.63, 3.8) is 0 Å². The molecule has 17 heavy (non-hydrogen) atoms. The number of carbonyl (C=O) groups is 1. The fourth-order valence-corrected chi connectivity index (χ4v) is 1.01. The summed E-state index contributed by atoms with van der Waals surface area (Å²) < 4.78 is 25.5. The zero-order chi connectivity index (χ0) is 13.5. The van der Waals surface area contributed by atoms with Gasteiger partial charge in [-0.3, -0.25) is 10.2 Å². The molecule has 0 saturated heterocycles. The van der Waals surface area contributed by atoms with Crippen LogP contribution in [0.1, 0.15) is 19.8 Å². The molecule has 0 spiro atoms. The number of hydrogen-bond donors (Lipinski definition) is 4. The van der Waals surface area contributed by atoms with Gasteiger partial charge in [-0.05, 0) is 19.8 Å². The van der Waals surface area contributed by atoms with Crippen LogP contribution in [0.15, 0.2) is 11.9 Å². The van der Waals surface area contributed by atoms with Gasteiger partial charge in [0.15, 0.2) is 0 Å². The van der Waals surface area contributed by atoms with E-state index in [4.69, 9.17) is 16.2 Å². The van der Waals surface area contributed by atoms with Crippen LogP contribution in [0, 0.1) is 5.41 Å². The predicted molar refractivity (Wildman–Crippen MR) is 60.4 cm³/mol. The highest BCUT2D eigenvalue weighted by atomic mass is 19.1. The molecule has 0 heterocycles. The standard InChI is InChI=1S/C10H17F2N3O2/c1-7(13)15-5-8(12)3-2-4-10(14,6-11)9(16)17/h3H,2,4-6,14H2,1H3,(H2,13,15)(H,16,17)/b8-3-/t10-/m1/s1. The first-order valence-corrected chi connectivity index (χ1v) is 5.03. The molecule has 5 nitrogen and oxygen atoms in total. The summed E-state index contributed by atoms with van der Waals surface area (Å²) in [5.74, 6) is -1.86. The molecule has 5 N–H and O–H groups in total. The number of hydrogen-bond acceptors (Lipinski definition) is 3. The Morgan fingerprint density at radius 1 is 1.65 bits per heavy atom. The molecular weight excluding hydrogens is 232 g/mol. The van der Waals surface area contributed by atoms with Crippen LogP contribution in [-0.4, -0.2) is 35.7 Å².